The minimum atomic E-state index is -0.218. The summed E-state index contributed by atoms with van der Waals surface area (Å²) in [4.78, 5) is 4.46. The molecule has 1 aliphatic rings. The molecule has 0 bridgehead atoms. The number of fused-ring (bicyclic) bond motifs is 1. The lowest BCUT2D eigenvalue weighted by atomic mass is 9.98. The summed E-state index contributed by atoms with van der Waals surface area (Å²) in [5.74, 6) is 1.65. The number of aliphatic hydroxyl groups excluding tert-OH is 1. The second-order valence-electron chi connectivity index (χ2n) is 5.52. The van der Waals surface area contributed by atoms with Crippen LogP contribution in [-0.4, -0.2) is 29.3 Å². The van der Waals surface area contributed by atoms with E-state index >= 15 is 0 Å². The van der Waals surface area contributed by atoms with E-state index in [0.29, 0.717) is 0 Å². The van der Waals surface area contributed by atoms with Gasteiger partial charge in [0.05, 0.1) is 19.3 Å². The highest BCUT2D eigenvalue weighted by atomic mass is 16.5. The number of nitrogens with one attached hydrogen (secondary N) is 1. The summed E-state index contributed by atoms with van der Waals surface area (Å²) in [7, 11) is 1.66. The van der Waals surface area contributed by atoms with E-state index in [-0.39, 0.29) is 12.1 Å². The molecule has 20 heavy (non-hydrogen) atoms. The first-order valence-corrected chi connectivity index (χ1v) is 7.08. The molecular formula is C16H20N2O2. The number of benzene rings is 1. The fraction of sp³-hybridized carbons (Fsp3) is 0.438. The second-order valence-corrected chi connectivity index (χ2v) is 5.52. The second kappa shape index (κ2) is 5.29. The Morgan fingerprint density at radius 3 is 2.80 bits per heavy atom. The van der Waals surface area contributed by atoms with Crippen molar-refractivity contribution in [2.24, 2.45) is 0 Å². The van der Waals surface area contributed by atoms with E-state index in [2.05, 4.69) is 10.3 Å². The van der Waals surface area contributed by atoms with Crippen molar-refractivity contribution in [1.82, 2.24) is 4.98 Å². The number of nitrogens with zero attached hydrogens (tertiary/aromatic N) is 1. The van der Waals surface area contributed by atoms with Gasteiger partial charge in [-0.25, -0.2) is 4.98 Å². The lowest BCUT2D eigenvalue weighted by Crippen LogP contribution is -2.39. The number of aromatic nitrogens is 1. The maximum atomic E-state index is 9.74. The van der Waals surface area contributed by atoms with Gasteiger partial charge >= 0.3 is 0 Å². The van der Waals surface area contributed by atoms with Gasteiger partial charge < -0.3 is 15.2 Å². The van der Waals surface area contributed by atoms with Crippen molar-refractivity contribution in [2.75, 3.05) is 19.0 Å². The largest absolute Gasteiger partial charge is 0.497 e. The third-order valence-electron chi connectivity index (χ3n) is 4.22. The standard InChI is InChI=1S/C16H20N2O2/c1-20-13-5-4-12-6-9-17-15(14(12)10-13)18-16(11-19)7-2-3-8-16/h4-6,9-10,19H,2-3,7-8,11H2,1H3,(H,17,18). The summed E-state index contributed by atoms with van der Waals surface area (Å²) in [6.45, 7) is 0.148. The van der Waals surface area contributed by atoms with Crippen LogP contribution >= 0.6 is 0 Å². The van der Waals surface area contributed by atoms with Gasteiger partial charge in [-0.05, 0) is 36.4 Å². The Labute approximate surface area is 118 Å². The van der Waals surface area contributed by atoms with Crippen LogP contribution < -0.4 is 10.1 Å². The number of anilines is 1. The Bertz CT molecular complexity index is 606. The van der Waals surface area contributed by atoms with E-state index in [4.69, 9.17) is 4.74 Å². The molecule has 1 aromatic carbocycles. The van der Waals surface area contributed by atoms with Crippen molar-refractivity contribution in [2.45, 2.75) is 31.2 Å². The van der Waals surface area contributed by atoms with Gasteiger partial charge in [-0.3, -0.25) is 0 Å². The Balaban J connectivity index is 2.02. The summed E-state index contributed by atoms with van der Waals surface area (Å²) in [6, 6.07) is 7.95. The third-order valence-corrected chi connectivity index (χ3v) is 4.22. The molecule has 1 saturated carbocycles. The molecule has 106 valence electrons. The molecule has 1 aliphatic carbocycles. The zero-order valence-electron chi connectivity index (χ0n) is 11.7. The van der Waals surface area contributed by atoms with E-state index in [1.165, 1.54) is 0 Å². The average molecular weight is 272 g/mol. The van der Waals surface area contributed by atoms with Crippen LogP contribution in [0, 0.1) is 0 Å². The number of rotatable bonds is 4. The van der Waals surface area contributed by atoms with Crippen LogP contribution in [-0.2, 0) is 0 Å². The van der Waals surface area contributed by atoms with Crippen LogP contribution in [0.3, 0.4) is 0 Å². The molecule has 1 fully saturated rings. The van der Waals surface area contributed by atoms with E-state index in [0.717, 1.165) is 48.0 Å². The van der Waals surface area contributed by atoms with Crippen LogP contribution in [0.4, 0.5) is 5.82 Å². The van der Waals surface area contributed by atoms with Gasteiger partial charge in [0.2, 0.25) is 0 Å². The molecule has 1 heterocycles. The van der Waals surface area contributed by atoms with Crippen LogP contribution in [0.25, 0.3) is 10.8 Å². The Morgan fingerprint density at radius 2 is 2.10 bits per heavy atom. The summed E-state index contributed by atoms with van der Waals surface area (Å²) in [5.41, 5.74) is -0.218. The molecule has 3 rings (SSSR count). The summed E-state index contributed by atoms with van der Waals surface area (Å²) in [6.07, 6.45) is 6.09. The van der Waals surface area contributed by atoms with Crippen molar-refractivity contribution in [3.05, 3.63) is 30.5 Å². The summed E-state index contributed by atoms with van der Waals surface area (Å²) in [5, 5.41) is 15.4. The molecule has 0 atom stereocenters. The average Bonchev–Trinajstić information content (AvgIpc) is 2.96. The van der Waals surface area contributed by atoms with Crippen molar-refractivity contribution in [3.8, 4) is 5.75 Å². The first kappa shape index (κ1) is 13.2. The van der Waals surface area contributed by atoms with E-state index in [9.17, 15) is 5.11 Å². The zero-order valence-corrected chi connectivity index (χ0v) is 11.7. The van der Waals surface area contributed by atoms with Crippen molar-refractivity contribution in [3.63, 3.8) is 0 Å². The topological polar surface area (TPSA) is 54.4 Å². The predicted octanol–water partition coefficient (Wildman–Crippen LogP) is 2.96. The van der Waals surface area contributed by atoms with Crippen LogP contribution in [0.5, 0.6) is 5.75 Å². The number of hydrogen-bond acceptors (Lipinski definition) is 4. The van der Waals surface area contributed by atoms with Crippen LogP contribution in [0.15, 0.2) is 30.5 Å². The summed E-state index contributed by atoms with van der Waals surface area (Å²) < 4.78 is 5.29. The first-order valence-electron chi connectivity index (χ1n) is 7.08. The predicted molar refractivity (Wildman–Crippen MR) is 80.2 cm³/mol. The molecule has 0 aliphatic heterocycles. The van der Waals surface area contributed by atoms with Crippen LogP contribution in [0.2, 0.25) is 0 Å². The van der Waals surface area contributed by atoms with Crippen molar-refractivity contribution >= 4 is 16.6 Å². The minimum Gasteiger partial charge on any atom is -0.497 e. The molecule has 4 heteroatoms. The highest BCUT2D eigenvalue weighted by molar-refractivity contribution is 5.93. The van der Waals surface area contributed by atoms with Gasteiger partial charge in [0, 0.05) is 11.6 Å². The minimum absolute atomic E-state index is 0.148. The van der Waals surface area contributed by atoms with Crippen molar-refractivity contribution < 1.29 is 9.84 Å². The lowest BCUT2D eigenvalue weighted by Gasteiger charge is -2.29. The van der Waals surface area contributed by atoms with Crippen molar-refractivity contribution in [1.29, 1.82) is 0 Å². The van der Waals surface area contributed by atoms with Crippen LogP contribution in [0.1, 0.15) is 25.7 Å². The van der Waals surface area contributed by atoms with E-state index in [1.807, 2.05) is 24.3 Å². The Hall–Kier alpha value is -1.81. The highest BCUT2D eigenvalue weighted by Gasteiger charge is 2.33. The number of hydrogen-bond donors (Lipinski definition) is 2. The van der Waals surface area contributed by atoms with Gasteiger partial charge in [0.1, 0.15) is 11.6 Å². The smallest absolute Gasteiger partial charge is 0.134 e. The fourth-order valence-corrected chi connectivity index (χ4v) is 3.00. The normalized spacial score (nSPS) is 17.3. The van der Waals surface area contributed by atoms with Gasteiger partial charge in [0.25, 0.3) is 0 Å². The highest BCUT2D eigenvalue weighted by Crippen LogP contribution is 2.35. The lowest BCUT2D eigenvalue weighted by molar-refractivity contribution is 0.214. The van der Waals surface area contributed by atoms with E-state index < -0.39 is 0 Å². The molecular weight excluding hydrogens is 252 g/mol. The molecule has 0 unspecified atom stereocenters. The molecule has 2 N–H and O–H groups in total. The van der Waals surface area contributed by atoms with Gasteiger partial charge in [0.15, 0.2) is 0 Å². The maximum Gasteiger partial charge on any atom is 0.134 e. The molecule has 0 saturated heterocycles. The number of methoxy groups -OCH3 is 1. The molecule has 2 aromatic rings. The van der Waals surface area contributed by atoms with Gasteiger partial charge in [-0.1, -0.05) is 18.9 Å². The number of aliphatic hydroxyl groups is 1. The molecule has 0 amide bonds. The number of pyridine rings is 1. The first-order chi connectivity index (χ1) is 9.76. The molecule has 1 aromatic heterocycles. The molecule has 0 radical (unpaired) electrons. The Kier molecular flexibility index (Phi) is 3.49. The van der Waals surface area contributed by atoms with Gasteiger partial charge in [-0.15, -0.1) is 0 Å². The maximum absolute atomic E-state index is 9.74. The summed E-state index contributed by atoms with van der Waals surface area (Å²) >= 11 is 0. The SMILES string of the molecule is COc1ccc2ccnc(NC3(CO)CCCC3)c2c1. The number of ether oxygens (including phenoxy) is 1. The fourth-order valence-electron chi connectivity index (χ4n) is 3.00. The Morgan fingerprint density at radius 1 is 1.30 bits per heavy atom. The van der Waals surface area contributed by atoms with Gasteiger partial charge in [-0.2, -0.15) is 0 Å². The molecule has 0 spiro atoms. The molecule has 4 nitrogen and oxygen atoms in total. The zero-order chi connectivity index (χ0) is 14.0. The van der Waals surface area contributed by atoms with E-state index in [1.54, 1.807) is 13.3 Å². The third kappa shape index (κ3) is 2.31. The monoisotopic (exact) mass is 272 g/mol. The quantitative estimate of drug-likeness (QED) is 0.898.